The van der Waals surface area contributed by atoms with E-state index >= 15 is 0 Å². The number of methoxy groups -OCH3 is 2. The zero-order valence-electron chi connectivity index (χ0n) is 18.6. The van der Waals surface area contributed by atoms with Crippen molar-refractivity contribution in [2.45, 2.75) is 62.9 Å². The van der Waals surface area contributed by atoms with E-state index in [9.17, 15) is 0 Å². The Labute approximate surface area is 185 Å². The minimum atomic E-state index is 0.203. The van der Waals surface area contributed by atoms with Crippen LogP contribution < -0.4 is 9.47 Å². The summed E-state index contributed by atoms with van der Waals surface area (Å²) in [6.45, 7) is 1.73. The quantitative estimate of drug-likeness (QED) is 0.413. The van der Waals surface area contributed by atoms with Crippen LogP contribution >= 0.6 is 0 Å². The molecule has 2 heterocycles. The summed E-state index contributed by atoms with van der Waals surface area (Å²) in [6, 6.07) is 16.7. The van der Waals surface area contributed by atoms with Gasteiger partial charge in [-0.25, -0.2) is 0 Å². The Bertz CT molecular complexity index is 713. The standard InChI is InChI=1S/C26H34O5/c1-27-21-9-3-19(4-10-21)7-13-23(15-25-17-29-25)31-24(16-26-18-30-26)14-8-20-5-11-22(28-2)12-6-20/h3-6,9-12,23-26H,7-8,13-18H2,1-2H3. The topological polar surface area (TPSA) is 52.8 Å². The molecule has 0 saturated carbocycles. The Balaban J connectivity index is 1.32. The van der Waals surface area contributed by atoms with Crippen LogP contribution in [0, 0.1) is 0 Å². The third-order valence-corrected chi connectivity index (χ3v) is 6.07. The van der Waals surface area contributed by atoms with E-state index in [1.54, 1.807) is 14.2 Å². The Hall–Kier alpha value is -2.08. The van der Waals surface area contributed by atoms with Crippen LogP contribution in [0.1, 0.15) is 36.8 Å². The third-order valence-electron chi connectivity index (χ3n) is 6.07. The summed E-state index contributed by atoms with van der Waals surface area (Å²) < 4.78 is 28.2. The first-order chi connectivity index (χ1) is 15.2. The van der Waals surface area contributed by atoms with E-state index in [0.29, 0.717) is 12.2 Å². The predicted octanol–water partition coefficient (Wildman–Crippen LogP) is 4.60. The lowest BCUT2D eigenvalue weighted by atomic mass is 10.0. The second-order valence-electron chi connectivity index (χ2n) is 8.54. The van der Waals surface area contributed by atoms with E-state index in [-0.39, 0.29) is 12.2 Å². The largest absolute Gasteiger partial charge is 0.497 e. The SMILES string of the molecule is COc1ccc(CCC(CC2CO2)OC(CCc2ccc(OC)cc2)CC2CO2)cc1. The molecule has 2 aliphatic heterocycles. The number of rotatable bonds is 14. The van der Waals surface area contributed by atoms with Gasteiger partial charge in [-0.3, -0.25) is 0 Å². The monoisotopic (exact) mass is 426 g/mol. The molecule has 0 N–H and O–H groups in total. The molecule has 0 aromatic heterocycles. The molecule has 0 spiro atoms. The molecule has 2 aromatic carbocycles. The molecule has 0 aliphatic carbocycles. The van der Waals surface area contributed by atoms with Gasteiger partial charge in [0.2, 0.25) is 0 Å². The average molecular weight is 427 g/mol. The average Bonchev–Trinajstić information content (AvgIpc) is 3.73. The van der Waals surface area contributed by atoms with E-state index in [1.807, 2.05) is 24.3 Å². The summed E-state index contributed by atoms with van der Waals surface area (Å²) in [7, 11) is 3.40. The number of hydrogen-bond acceptors (Lipinski definition) is 5. The minimum Gasteiger partial charge on any atom is -0.497 e. The summed E-state index contributed by atoms with van der Waals surface area (Å²) in [4.78, 5) is 0. The number of benzene rings is 2. The summed E-state index contributed by atoms with van der Waals surface area (Å²) in [5.41, 5.74) is 2.62. The molecule has 31 heavy (non-hydrogen) atoms. The number of ether oxygens (including phenoxy) is 5. The van der Waals surface area contributed by atoms with Gasteiger partial charge in [0.05, 0.1) is 51.8 Å². The normalized spacial score (nSPS) is 21.4. The molecular weight excluding hydrogens is 392 g/mol. The number of aryl methyl sites for hydroxylation is 2. The van der Waals surface area contributed by atoms with Crippen LogP contribution in [0.4, 0.5) is 0 Å². The van der Waals surface area contributed by atoms with Crippen LogP contribution in [0.15, 0.2) is 48.5 Å². The Morgan fingerprint density at radius 2 is 1.10 bits per heavy atom. The second-order valence-corrected chi connectivity index (χ2v) is 8.54. The number of epoxide rings is 2. The molecular formula is C26H34O5. The van der Waals surface area contributed by atoms with Crippen molar-refractivity contribution in [3.63, 3.8) is 0 Å². The van der Waals surface area contributed by atoms with Crippen molar-refractivity contribution in [1.29, 1.82) is 0 Å². The van der Waals surface area contributed by atoms with Crippen LogP contribution in [0.25, 0.3) is 0 Å². The van der Waals surface area contributed by atoms with Gasteiger partial charge in [-0.15, -0.1) is 0 Å². The van der Waals surface area contributed by atoms with Gasteiger partial charge >= 0.3 is 0 Å². The molecule has 2 aromatic rings. The van der Waals surface area contributed by atoms with Crippen LogP contribution in [-0.4, -0.2) is 51.8 Å². The Morgan fingerprint density at radius 1 is 0.710 bits per heavy atom. The van der Waals surface area contributed by atoms with E-state index in [4.69, 9.17) is 23.7 Å². The second kappa shape index (κ2) is 11.0. The van der Waals surface area contributed by atoms with Crippen molar-refractivity contribution in [2.75, 3.05) is 27.4 Å². The van der Waals surface area contributed by atoms with Crippen molar-refractivity contribution in [3.05, 3.63) is 59.7 Å². The molecule has 2 aliphatic rings. The fraction of sp³-hybridized carbons (Fsp3) is 0.538. The highest BCUT2D eigenvalue weighted by atomic mass is 16.6. The van der Waals surface area contributed by atoms with E-state index in [1.165, 1.54) is 11.1 Å². The molecule has 2 saturated heterocycles. The smallest absolute Gasteiger partial charge is 0.118 e. The zero-order chi connectivity index (χ0) is 21.5. The minimum absolute atomic E-state index is 0.203. The van der Waals surface area contributed by atoms with E-state index in [2.05, 4.69) is 24.3 Å². The van der Waals surface area contributed by atoms with Gasteiger partial charge in [-0.05, 0) is 61.1 Å². The fourth-order valence-electron chi connectivity index (χ4n) is 3.99. The first-order valence-corrected chi connectivity index (χ1v) is 11.4. The van der Waals surface area contributed by atoms with Crippen molar-refractivity contribution in [2.24, 2.45) is 0 Å². The van der Waals surface area contributed by atoms with Crippen LogP contribution in [0.5, 0.6) is 11.5 Å². The molecule has 2 fully saturated rings. The van der Waals surface area contributed by atoms with Gasteiger partial charge in [-0.1, -0.05) is 24.3 Å². The Morgan fingerprint density at radius 3 is 1.42 bits per heavy atom. The summed E-state index contributed by atoms with van der Waals surface area (Å²) in [5.74, 6) is 1.79. The molecule has 0 amide bonds. The first-order valence-electron chi connectivity index (χ1n) is 11.4. The van der Waals surface area contributed by atoms with Gasteiger partial charge in [0, 0.05) is 12.8 Å². The maximum atomic E-state index is 6.68. The highest BCUT2D eigenvalue weighted by molar-refractivity contribution is 5.28. The molecule has 4 rings (SSSR count). The molecule has 5 heteroatoms. The summed E-state index contributed by atoms with van der Waals surface area (Å²) in [5, 5.41) is 0. The van der Waals surface area contributed by atoms with Gasteiger partial charge in [0.1, 0.15) is 11.5 Å². The summed E-state index contributed by atoms with van der Waals surface area (Å²) >= 11 is 0. The van der Waals surface area contributed by atoms with E-state index in [0.717, 1.165) is 63.2 Å². The predicted molar refractivity (Wildman–Crippen MR) is 120 cm³/mol. The first kappa shape index (κ1) is 22.1. The van der Waals surface area contributed by atoms with Crippen molar-refractivity contribution >= 4 is 0 Å². The highest BCUT2D eigenvalue weighted by Gasteiger charge is 2.31. The van der Waals surface area contributed by atoms with Gasteiger partial charge in [-0.2, -0.15) is 0 Å². The van der Waals surface area contributed by atoms with Crippen LogP contribution in [0.2, 0.25) is 0 Å². The lowest BCUT2D eigenvalue weighted by Crippen LogP contribution is -2.26. The highest BCUT2D eigenvalue weighted by Crippen LogP contribution is 2.27. The summed E-state index contributed by atoms with van der Waals surface area (Å²) in [6.07, 6.45) is 7.05. The van der Waals surface area contributed by atoms with Crippen molar-refractivity contribution in [1.82, 2.24) is 0 Å². The fourth-order valence-corrected chi connectivity index (χ4v) is 3.99. The maximum Gasteiger partial charge on any atom is 0.118 e. The van der Waals surface area contributed by atoms with E-state index < -0.39 is 0 Å². The molecule has 4 atom stereocenters. The lowest BCUT2D eigenvalue weighted by molar-refractivity contribution is -0.0335. The van der Waals surface area contributed by atoms with Gasteiger partial charge in [0.15, 0.2) is 0 Å². The van der Waals surface area contributed by atoms with Crippen LogP contribution in [0.3, 0.4) is 0 Å². The molecule has 0 bridgehead atoms. The van der Waals surface area contributed by atoms with Gasteiger partial charge < -0.3 is 23.7 Å². The lowest BCUT2D eigenvalue weighted by Gasteiger charge is -2.25. The molecule has 168 valence electrons. The van der Waals surface area contributed by atoms with Crippen LogP contribution in [-0.2, 0) is 27.1 Å². The molecule has 4 unspecified atom stereocenters. The van der Waals surface area contributed by atoms with Gasteiger partial charge in [0.25, 0.3) is 0 Å². The molecule has 5 nitrogen and oxygen atoms in total. The van der Waals surface area contributed by atoms with Crippen molar-refractivity contribution < 1.29 is 23.7 Å². The van der Waals surface area contributed by atoms with Crippen molar-refractivity contribution in [3.8, 4) is 11.5 Å². The molecule has 0 radical (unpaired) electrons. The zero-order valence-corrected chi connectivity index (χ0v) is 18.6. The Kier molecular flexibility index (Phi) is 7.84. The third kappa shape index (κ3) is 7.53. The number of hydrogen-bond donors (Lipinski definition) is 0. The maximum absolute atomic E-state index is 6.68.